The molecule has 2 rings (SSSR count). The van der Waals surface area contributed by atoms with Crippen LogP contribution in [0.2, 0.25) is 5.02 Å². The topological polar surface area (TPSA) is 35.8 Å². The Morgan fingerprint density at radius 3 is 2.72 bits per heavy atom. The predicted molar refractivity (Wildman–Crippen MR) is 74.7 cm³/mol. The molecule has 0 saturated heterocycles. The summed E-state index contributed by atoms with van der Waals surface area (Å²) >= 11 is 5.86. The van der Waals surface area contributed by atoms with Crippen LogP contribution in [-0.2, 0) is 6.54 Å². The van der Waals surface area contributed by atoms with Crippen LogP contribution in [0.3, 0.4) is 0 Å². The fourth-order valence-corrected chi connectivity index (χ4v) is 1.93. The molecule has 0 aliphatic carbocycles. The first kappa shape index (κ1) is 12.5. The molecule has 0 aromatic heterocycles. The number of nitriles is 1. The fourth-order valence-electron chi connectivity index (χ4n) is 1.76. The number of hydrogen-bond acceptors (Lipinski definition) is 2. The highest BCUT2D eigenvalue weighted by Gasteiger charge is 2.03. The Kier molecular flexibility index (Phi) is 3.86. The molecule has 0 aliphatic heterocycles. The molecular weight excluding hydrogens is 244 g/mol. The van der Waals surface area contributed by atoms with Gasteiger partial charge in [-0.3, -0.25) is 0 Å². The number of nitrogens with zero attached hydrogens (tertiary/aromatic N) is 1. The lowest BCUT2D eigenvalue weighted by Crippen LogP contribution is -2.02. The molecule has 0 spiro atoms. The molecule has 0 atom stereocenters. The molecular formula is C15H13ClN2. The summed E-state index contributed by atoms with van der Waals surface area (Å²) in [7, 11) is 0. The molecule has 3 heteroatoms. The van der Waals surface area contributed by atoms with E-state index >= 15 is 0 Å². The summed E-state index contributed by atoms with van der Waals surface area (Å²) in [6.07, 6.45) is 0. The molecule has 0 aliphatic rings. The average Bonchev–Trinajstić information content (AvgIpc) is 2.39. The van der Waals surface area contributed by atoms with Gasteiger partial charge in [0.1, 0.15) is 6.07 Å². The number of aryl methyl sites for hydroxylation is 1. The van der Waals surface area contributed by atoms with Crippen LogP contribution in [-0.4, -0.2) is 0 Å². The minimum Gasteiger partial charge on any atom is -0.380 e. The van der Waals surface area contributed by atoms with Crippen molar-refractivity contribution in [2.75, 3.05) is 5.32 Å². The van der Waals surface area contributed by atoms with E-state index in [1.54, 1.807) is 12.1 Å². The van der Waals surface area contributed by atoms with Gasteiger partial charge in [0.2, 0.25) is 0 Å². The van der Waals surface area contributed by atoms with Gasteiger partial charge in [-0.1, -0.05) is 35.9 Å². The number of halogens is 1. The lowest BCUT2D eigenvalue weighted by atomic mass is 10.1. The van der Waals surface area contributed by atoms with E-state index in [2.05, 4.69) is 30.4 Å². The molecule has 0 bridgehead atoms. The molecule has 0 heterocycles. The minimum atomic E-state index is 0.566. The number of nitrogens with one attached hydrogen (secondary N) is 1. The van der Waals surface area contributed by atoms with Gasteiger partial charge in [0, 0.05) is 11.6 Å². The van der Waals surface area contributed by atoms with Crippen LogP contribution in [0.4, 0.5) is 5.69 Å². The second kappa shape index (κ2) is 5.57. The van der Waals surface area contributed by atoms with Gasteiger partial charge in [-0.2, -0.15) is 5.26 Å². The summed E-state index contributed by atoms with van der Waals surface area (Å²) in [5.41, 5.74) is 3.83. The van der Waals surface area contributed by atoms with E-state index in [0.29, 0.717) is 17.1 Å². The van der Waals surface area contributed by atoms with Crippen molar-refractivity contribution in [2.45, 2.75) is 13.5 Å². The van der Waals surface area contributed by atoms with Gasteiger partial charge in [0.05, 0.1) is 11.3 Å². The SMILES string of the molecule is Cc1ccccc1CNc1ccc(Cl)cc1C#N. The van der Waals surface area contributed by atoms with Gasteiger partial charge in [0.15, 0.2) is 0 Å². The highest BCUT2D eigenvalue weighted by Crippen LogP contribution is 2.20. The van der Waals surface area contributed by atoms with Crippen molar-refractivity contribution >= 4 is 17.3 Å². The zero-order valence-corrected chi connectivity index (χ0v) is 10.8. The summed E-state index contributed by atoms with van der Waals surface area (Å²) in [6, 6.07) is 15.6. The zero-order valence-electron chi connectivity index (χ0n) is 10.1. The van der Waals surface area contributed by atoms with Crippen LogP contribution in [0.25, 0.3) is 0 Å². The van der Waals surface area contributed by atoms with Crippen LogP contribution in [0.15, 0.2) is 42.5 Å². The lowest BCUT2D eigenvalue weighted by Gasteiger charge is -2.10. The summed E-state index contributed by atoms with van der Waals surface area (Å²) in [6.45, 7) is 2.77. The number of anilines is 1. The van der Waals surface area contributed by atoms with Crippen molar-refractivity contribution in [2.24, 2.45) is 0 Å². The van der Waals surface area contributed by atoms with Crippen LogP contribution in [0.1, 0.15) is 16.7 Å². The first-order valence-corrected chi connectivity index (χ1v) is 6.06. The average molecular weight is 257 g/mol. The van der Waals surface area contributed by atoms with Crippen LogP contribution >= 0.6 is 11.6 Å². The number of benzene rings is 2. The Labute approximate surface area is 112 Å². The first-order valence-electron chi connectivity index (χ1n) is 5.69. The van der Waals surface area contributed by atoms with Gasteiger partial charge in [0.25, 0.3) is 0 Å². The standard InChI is InChI=1S/C15H13ClN2/c1-11-4-2-3-5-12(11)10-18-15-7-6-14(16)8-13(15)9-17/h2-8,18H,10H2,1H3. The summed E-state index contributed by atoms with van der Waals surface area (Å²) in [5, 5.41) is 12.9. The van der Waals surface area contributed by atoms with Crippen molar-refractivity contribution < 1.29 is 0 Å². The maximum Gasteiger partial charge on any atom is 0.101 e. The summed E-state index contributed by atoms with van der Waals surface area (Å²) in [4.78, 5) is 0. The molecule has 0 amide bonds. The van der Waals surface area contributed by atoms with Crippen LogP contribution in [0, 0.1) is 18.3 Å². The summed E-state index contributed by atoms with van der Waals surface area (Å²) < 4.78 is 0. The van der Waals surface area contributed by atoms with E-state index in [9.17, 15) is 0 Å². The molecule has 0 saturated carbocycles. The van der Waals surface area contributed by atoms with Crippen molar-refractivity contribution in [1.29, 1.82) is 5.26 Å². The van der Waals surface area contributed by atoms with Crippen molar-refractivity contribution in [3.05, 3.63) is 64.2 Å². The predicted octanol–water partition coefficient (Wildman–Crippen LogP) is 4.13. The Hall–Kier alpha value is -1.98. The van der Waals surface area contributed by atoms with E-state index in [-0.39, 0.29) is 0 Å². The van der Waals surface area contributed by atoms with Gasteiger partial charge in [-0.25, -0.2) is 0 Å². The molecule has 2 aromatic rings. The third-order valence-corrected chi connectivity index (χ3v) is 3.07. The smallest absolute Gasteiger partial charge is 0.101 e. The highest BCUT2D eigenvalue weighted by atomic mass is 35.5. The molecule has 0 unspecified atom stereocenters. The van der Waals surface area contributed by atoms with E-state index < -0.39 is 0 Å². The molecule has 1 N–H and O–H groups in total. The Balaban J connectivity index is 2.16. The Morgan fingerprint density at radius 1 is 1.22 bits per heavy atom. The maximum absolute atomic E-state index is 9.05. The third kappa shape index (κ3) is 2.82. The Morgan fingerprint density at radius 2 is 2.00 bits per heavy atom. The summed E-state index contributed by atoms with van der Waals surface area (Å²) in [5.74, 6) is 0. The lowest BCUT2D eigenvalue weighted by molar-refractivity contribution is 1.12. The van der Waals surface area contributed by atoms with Gasteiger partial charge in [-0.15, -0.1) is 0 Å². The minimum absolute atomic E-state index is 0.566. The van der Waals surface area contributed by atoms with Crippen LogP contribution in [0.5, 0.6) is 0 Å². The first-order chi connectivity index (χ1) is 8.70. The zero-order chi connectivity index (χ0) is 13.0. The molecule has 90 valence electrons. The monoisotopic (exact) mass is 256 g/mol. The molecule has 2 nitrogen and oxygen atoms in total. The molecule has 18 heavy (non-hydrogen) atoms. The van der Waals surface area contributed by atoms with E-state index in [1.807, 2.05) is 18.2 Å². The normalized spacial score (nSPS) is 9.83. The largest absolute Gasteiger partial charge is 0.380 e. The molecule has 0 fully saturated rings. The molecule has 0 radical (unpaired) electrons. The van der Waals surface area contributed by atoms with Crippen molar-refractivity contribution in [3.63, 3.8) is 0 Å². The number of hydrogen-bond donors (Lipinski definition) is 1. The van der Waals surface area contributed by atoms with Gasteiger partial charge >= 0.3 is 0 Å². The second-order valence-corrected chi connectivity index (χ2v) is 4.52. The Bertz CT molecular complexity index is 600. The van der Waals surface area contributed by atoms with Gasteiger partial charge < -0.3 is 5.32 Å². The van der Waals surface area contributed by atoms with E-state index in [1.165, 1.54) is 11.1 Å². The van der Waals surface area contributed by atoms with Crippen molar-refractivity contribution in [1.82, 2.24) is 0 Å². The van der Waals surface area contributed by atoms with Gasteiger partial charge in [-0.05, 0) is 36.2 Å². The third-order valence-electron chi connectivity index (χ3n) is 2.83. The number of rotatable bonds is 3. The maximum atomic E-state index is 9.05. The van der Waals surface area contributed by atoms with Crippen LogP contribution < -0.4 is 5.32 Å². The van der Waals surface area contributed by atoms with E-state index in [4.69, 9.17) is 16.9 Å². The quantitative estimate of drug-likeness (QED) is 0.896. The fraction of sp³-hybridized carbons (Fsp3) is 0.133. The van der Waals surface area contributed by atoms with E-state index in [0.717, 1.165) is 5.69 Å². The second-order valence-electron chi connectivity index (χ2n) is 4.08. The highest BCUT2D eigenvalue weighted by molar-refractivity contribution is 6.30. The van der Waals surface area contributed by atoms with Crippen molar-refractivity contribution in [3.8, 4) is 6.07 Å². The molecule has 2 aromatic carbocycles.